The van der Waals surface area contributed by atoms with E-state index in [1.165, 1.54) is 11.3 Å². The molecule has 0 saturated carbocycles. The second kappa shape index (κ2) is 8.69. The number of carbonyl (C=O) groups excluding carboxylic acids is 2. The Kier molecular flexibility index (Phi) is 6.34. The largest absolute Gasteiger partial charge is 0.454 e. The highest BCUT2D eigenvalue weighted by atomic mass is 32.2. The van der Waals surface area contributed by atoms with Gasteiger partial charge in [0.15, 0.2) is 6.61 Å². The maximum Gasteiger partial charge on any atom is 0.338 e. The maximum atomic E-state index is 12.4. The molecule has 0 bridgehead atoms. The Balaban J connectivity index is 1.60. The fourth-order valence-electron chi connectivity index (χ4n) is 2.25. The molecule has 0 unspecified atom stereocenters. The van der Waals surface area contributed by atoms with Crippen LogP contribution in [0.25, 0.3) is 0 Å². The molecule has 4 nitrogen and oxygen atoms in total. The number of ether oxygens (including phenoxy) is 1. The number of esters is 1. The lowest BCUT2D eigenvalue weighted by molar-refractivity contribution is 0.0475. The maximum absolute atomic E-state index is 12.4. The summed E-state index contributed by atoms with van der Waals surface area (Å²) in [6.45, 7) is 2.57. The molecule has 1 aromatic heterocycles. The highest BCUT2D eigenvalue weighted by molar-refractivity contribution is 8.38. The van der Waals surface area contributed by atoms with Crippen LogP contribution < -0.4 is 0 Å². The number of nitrogens with zero attached hydrogens (tertiary/aromatic N) is 1. The third-order valence-electron chi connectivity index (χ3n) is 3.50. The van der Waals surface area contributed by atoms with Crippen molar-refractivity contribution >= 4 is 51.0 Å². The van der Waals surface area contributed by atoms with Crippen molar-refractivity contribution < 1.29 is 14.3 Å². The van der Waals surface area contributed by atoms with Crippen molar-refractivity contribution in [2.45, 2.75) is 12.7 Å². The normalized spacial score (nSPS) is 13.6. The lowest BCUT2D eigenvalue weighted by atomic mass is 10.1. The van der Waals surface area contributed by atoms with Gasteiger partial charge >= 0.3 is 5.97 Å². The Morgan fingerprint density at radius 1 is 1.24 bits per heavy atom. The number of benzene rings is 1. The van der Waals surface area contributed by atoms with Crippen molar-refractivity contribution in [2.24, 2.45) is 4.99 Å². The van der Waals surface area contributed by atoms with Gasteiger partial charge in [-0.1, -0.05) is 41.7 Å². The Labute approximate surface area is 159 Å². The van der Waals surface area contributed by atoms with E-state index in [1.54, 1.807) is 41.7 Å². The smallest absolute Gasteiger partial charge is 0.338 e. The Bertz CT molecular complexity index is 813. The van der Waals surface area contributed by atoms with Crippen LogP contribution >= 0.6 is 34.9 Å². The van der Waals surface area contributed by atoms with E-state index in [2.05, 4.69) is 4.99 Å². The molecule has 0 fully saturated rings. The number of aliphatic imine (C=N–C) groups is 1. The SMILES string of the molecule is Cc1ccc(C(=O)COC(=O)c2ccccc2CSC2=NCCS2)s1. The molecule has 1 aliphatic rings. The molecular weight excluding hydrogens is 374 g/mol. The lowest BCUT2D eigenvalue weighted by Gasteiger charge is -2.09. The molecule has 0 N–H and O–H groups in total. The van der Waals surface area contributed by atoms with E-state index in [-0.39, 0.29) is 12.4 Å². The van der Waals surface area contributed by atoms with E-state index in [9.17, 15) is 9.59 Å². The van der Waals surface area contributed by atoms with Crippen LogP contribution in [0.15, 0.2) is 41.4 Å². The van der Waals surface area contributed by atoms with Crippen LogP contribution in [0.2, 0.25) is 0 Å². The summed E-state index contributed by atoms with van der Waals surface area (Å²) >= 11 is 4.78. The summed E-state index contributed by atoms with van der Waals surface area (Å²) in [5, 5.41) is 0. The van der Waals surface area contributed by atoms with Gasteiger partial charge in [-0.15, -0.1) is 11.3 Å². The van der Waals surface area contributed by atoms with E-state index >= 15 is 0 Å². The first-order valence-electron chi connectivity index (χ1n) is 7.78. The molecule has 0 spiro atoms. The van der Waals surface area contributed by atoms with Crippen LogP contribution in [0.5, 0.6) is 0 Å². The quantitative estimate of drug-likeness (QED) is 0.538. The number of carbonyl (C=O) groups is 2. The molecule has 130 valence electrons. The summed E-state index contributed by atoms with van der Waals surface area (Å²) in [7, 11) is 0. The van der Waals surface area contributed by atoms with Crippen LogP contribution in [0.4, 0.5) is 0 Å². The highest BCUT2D eigenvalue weighted by Gasteiger charge is 2.17. The molecule has 1 aromatic carbocycles. The van der Waals surface area contributed by atoms with Gasteiger partial charge in [-0.2, -0.15) is 0 Å². The van der Waals surface area contributed by atoms with Crippen LogP contribution in [-0.2, 0) is 10.5 Å². The number of hydrogen-bond acceptors (Lipinski definition) is 7. The first-order chi connectivity index (χ1) is 12.1. The summed E-state index contributed by atoms with van der Waals surface area (Å²) in [4.78, 5) is 30.6. The Morgan fingerprint density at radius 3 is 2.80 bits per heavy atom. The van der Waals surface area contributed by atoms with Crippen LogP contribution in [-0.4, -0.2) is 35.0 Å². The van der Waals surface area contributed by atoms with E-state index < -0.39 is 5.97 Å². The summed E-state index contributed by atoms with van der Waals surface area (Å²) in [5.74, 6) is 1.06. The van der Waals surface area contributed by atoms with E-state index in [0.717, 1.165) is 27.1 Å². The number of aryl methyl sites for hydroxylation is 1. The first-order valence-corrected chi connectivity index (χ1v) is 10.6. The van der Waals surface area contributed by atoms with E-state index in [0.29, 0.717) is 16.2 Å². The molecule has 0 atom stereocenters. The molecule has 3 rings (SSSR count). The number of ketones is 1. The monoisotopic (exact) mass is 391 g/mol. The molecule has 0 aliphatic carbocycles. The Morgan fingerprint density at radius 2 is 2.08 bits per heavy atom. The fraction of sp³-hybridized carbons (Fsp3) is 0.278. The second-order valence-corrected chi connectivity index (χ2v) is 8.95. The topological polar surface area (TPSA) is 55.7 Å². The number of thiophene rings is 1. The summed E-state index contributed by atoms with van der Waals surface area (Å²) in [6.07, 6.45) is 0. The van der Waals surface area contributed by atoms with Gasteiger partial charge in [-0.25, -0.2) is 4.79 Å². The standard InChI is InChI=1S/C18H17NO3S3/c1-12-6-7-16(25-12)15(20)10-22-17(21)14-5-3-2-4-13(14)11-24-18-19-8-9-23-18/h2-7H,8-11H2,1H3. The lowest BCUT2D eigenvalue weighted by Crippen LogP contribution is -2.14. The summed E-state index contributed by atoms with van der Waals surface area (Å²) < 4.78 is 6.30. The summed E-state index contributed by atoms with van der Waals surface area (Å²) in [6, 6.07) is 11.0. The zero-order chi connectivity index (χ0) is 17.6. The fourth-order valence-corrected chi connectivity index (χ4v) is 5.06. The van der Waals surface area contributed by atoms with Gasteiger partial charge < -0.3 is 4.74 Å². The van der Waals surface area contributed by atoms with Crippen molar-refractivity contribution in [1.82, 2.24) is 0 Å². The molecule has 0 saturated heterocycles. The molecule has 7 heteroatoms. The minimum Gasteiger partial charge on any atom is -0.454 e. The van der Waals surface area contributed by atoms with Crippen LogP contribution in [0.1, 0.15) is 30.5 Å². The number of Topliss-reactive ketones (excluding diaryl/α,β-unsaturated/α-hetero) is 1. The van der Waals surface area contributed by atoms with Crippen molar-refractivity contribution in [2.75, 3.05) is 18.9 Å². The third-order valence-corrected chi connectivity index (χ3v) is 6.84. The highest BCUT2D eigenvalue weighted by Crippen LogP contribution is 2.26. The van der Waals surface area contributed by atoms with Crippen molar-refractivity contribution in [1.29, 1.82) is 0 Å². The van der Waals surface area contributed by atoms with Gasteiger partial charge in [0.1, 0.15) is 4.38 Å². The van der Waals surface area contributed by atoms with Gasteiger partial charge in [-0.3, -0.25) is 9.79 Å². The Hall–Kier alpha value is -1.57. The van der Waals surface area contributed by atoms with Crippen LogP contribution in [0.3, 0.4) is 0 Å². The van der Waals surface area contributed by atoms with Crippen molar-refractivity contribution in [3.05, 3.63) is 57.3 Å². The molecule has 0 radical (unpaired) electrons. The van der Waals surface area contributed by atoms with Crippen LogP contribution in [0, 0.1) is 6.92 Å². The average Bonchev–Trinajstić information content (AvgIpc) is 3.29. The number of hydrogen-bond donors (Lipinski definition) is 0. The predicted molar refractivity (Wildman–Crippen MR) is 106 cm³/mol. The minimum atomic E-state index is -0.459. The molecular formula is C18H17NO3S3. The van der Waals surface area contributed by atoms with E-state index in [1.807, 2.05) is 25.1 Å². The van der Waals surface area contributed by atoms with Gasteiger partial charge in [0.2, 0.25) is 5.78 Å². The van der Waals surface area contributed by atoms with Gasteiger partial charge in [0, 0.05) is 16.4 Å². The minimum absolute atomic E-state index is 0.171. The van der Waals surface area contributed by atoms with Gasteiger partial charge in [-0.05, 0) is 30.7 Å². The molecule has 1 aliphatic heterocycles. The molecule has 0 amide bonds. The molecule has 2 heterocycles. The van der Waals surface area contributed by atoms with Crippen molar-refractivity contribution in [3.63, 3.8) is 0 Å². The molecule has 2 aromatic rings. The first kappa shape index (κ1) is 18.2. The number of rotatable bonds is 6. The zero-order valence-electron chi connectivity index (χ0n) is 13.7. The van der Waals surface area contributed by atoms with E-state index in [4.69, 9.17) is 4.74 Å². The third kappa shape index (κ3) is 4.96. The average molecular weight is 392 g/mol. The van der Waals surface area contributed by atoms with Crippen molar-refractivity contribution in [3.8, 4) is 0 Å². The van der Waals surface area contributed by atoms with Gasteiger partial charge in [0.05, 0.1) is 17.0 Å². The number of thioether (sulfide) groups is 2. The molecule has 25 heavy (non-hydrogen) atoms. The zero-order valence-corrected chi connectivity index (χ0v) is 16.1. The second-order valence-electron chi connectivity index (χ2n) is 5.35. The summed E-state index contributed by atoms with van der Waals surface area (Å²) in [5.41, 5.74) is 1.40. The predicted octanol–water partition coefficient (Wildman–Crippen LogP) is 4.43. The van der Waals surface area contributed by atoms with Gasteiger partial charge in [0.25, 0.3) is 0 Å².